The Labute approximate surface area is 141 Å². The Morgan fingerprint density at radius 2 is 1.52 bits per heavy atom. The highest BCUT2D eigenvalue weighted by Gasteiger charge is 2.26. The third kappa shape index (κ3) is 5.57. The third-order valence-corrected chi connectivity index (χ3v) is 4.47. The first-order chi connectivity index (χ1) is 10.5. The van der Waals surface area contributed by atoms with E-state index < -0.39 is 15.7 Å². The molecule has 0 radical (unpaired) electrons. The van der Waals surface area contributed by atoms with E-state index in [1.54, 1.807) is 19.1 Å². The second-order valence-electron chi connectivity index (χ2n) is 7.35. The maximum atomic E-state index is 12.4. The molecule has 0 aliphatic carbocycles. The van der Waals surface area contributed by atoms with E-state index in [1.165, 1.54) is 0 Å². The van der Waals surface area contributed by atoms with Crippen LogP contribution in [0.5, 0.6) is 0 Å². The molecule has 0 heterocycles. The molecule has 0 N–H and O–H groups in total. The zero-order chi connectivity index (χ0) is 17.8. The first kappa shape index (κ1) is 19.6. The molecule has 0 bridgehead atoms. The van der Waals surface area contributed by atoms with Gasteiger partial charge in [-0.05, 0) is 45.4 Å². The average molecular weight is 337 g/mol. The van der Waals surface area contributed by atoms with Gasteiger partial charge in [-0.25, -0.2) is 9.00 Å². The minimum atomic E-state index is -1.34. The first-order valence-corrected chi connectivity index (χ1v) is 8.86. The lowest BCUT2D eigenvalue weighted by Gasteiger charge is -2.23. The second kappa shape index (κ2) is 7.39. The van der Waals surface area contributed by atoms with Gasteiger partial charge >= 0.3 is 5.97 Å². The molecule has 1 unspecified atom stereocenters. The highest BCUT2D eigenvalue weighted by Crippen LogP contribution is 2.25. The molecular formula is C18H27NO3S. The second-order valence-corrected chi connectivity index (χ2v) is 9.25. The monoisotopic (exact) mass is 337 g/mol. The summed E-state index contributed by atoms with van der Waals surface area (Å²) in [4.78, 5) is 11.7. The van der Waals surface area contributed by atoms with Crippen LogP contribution in [-0.2, 0) is 15.7 Å². The van der Waals surface area contributed by atoms with Crippen LogP contribution in [0.15, 0.2) is 28.7 Å². The Morgan fingerprint density at radius 3 is 1.91 bits per heavy atom. The van der Waals surface area contributed by atoms with Crippen molar-refractivity contribution in [1.29, 1.82) is 0 Å². The molecule has 0 aliphatic heterocycles. The van der Waals surface area contributed by atoms with E-state index in [0.29, 0.717) is 12.2 Å². The van der Waals surface area contributed by atoms with E-state index in [1.807, 2.05) is 53.7 Å². The molecule has 128 valence electrons. The van der Waals surface area contributed by atoms with E-state index in [9.17, 15) is 9.00 Å². The summed E-state index contributed by atoms with van der Waals surface area (Å²) in [6, 6.07) is 7.09. The first-order valence-electron chi connectivity index (χ1n) is 7.75. The number of carbonyl (C=O) groups is 1. The number of hydrogen-bond donors (Lipinski definition) is 0. The van der Waals surface area contributed by atoms with E-state index in [4.69, 9.17) is 4.74 Å². The van der Waals surface area contributed by atoms with Crippen LogP contribution < -0.4 is 0 Å². The Balaban J connectivity index is 3.23. The van der Waals surface area contributed by atoms with E-state index in [2.05, 4.69) is 4.40 Å². The number of hydrogen-bond acceptors (Lipinski definition) is 3. The molecule has 0 spiro atoms. The Hall–Kier alpha value is -1.49. The summed E-state index contributed by atoms with van der Waals surface area (Å²) in [5, 5.41) is 0. The van der Waals surface area contributed by atoms with E-state index in [-0.39, 0.29) is 11.4 Å². The van der Waals surface area contributed by atoms with Crippen LogP contribution in [0.2, 0.25) is 0 Å². The molecule has 1 aromatic rings. The standard InChI is InChI=1S/C18H27NO3S/c1-8-22-16(20)14-11-9-13(10-12-14)15(17(2,3)4)19-23(21)18(5,6)7/h9-12H,8H2,1-7H3. The third-order valence-electron chi connectivity index (χ3n) is 3.08. The Bertz CT molecular complexity index is 605. The molecule has 0 saturated heterocycles. The molecule has 1 atom stereocenters. The molecule has 0 aromatic heterocycles. The largest absolute Gasteiger partial charge is 0.462 e. The van der Waals surface area contributed by atoms with Gasteiger partial charge in [-0.3, -0.25) is 0 Å². The molecule has 23 heavy (non-hydrogen) atoms. The van der Waals surface area contributed by atoms with Gasteiger partial charge in [0.15, 0.2) is 0 Å². The molecule has 5 heteroatoms. The van der Waals surface area contributed by atoms with Crippen molar-refractivity contribution >= 4 is 22.7 Å². The van der Waals surface area contributed by atoms with Gasteiger partial charge in [0.2, 0.25) is 0 Å². The van der Waals surface area contributed by atoms with Gasteiger partial charge in [-0.2, -0.15) is 4.40 Å². The van der Waals surface area contributed by atoms with Crippen molar-refractivity contribution in [3.05, 3.63) is 35.4 Å². The molecule has 0 aliphatic rings. The minimum Gasteiger partial charge on any atom is -0.462 e. The quantitative estimate of drug-likeness (QED) is 0.612. The van der Waals surface area contributed by atoms with E-state index >= 15 is 0 Å². The molecular weight excluding hydrogens is 310 g/mol. The van der Waals surface area contributed by atoms with Crippen molar-refractivity contribution in [2.45, 2.75) is 53.2 Å². The van der Waals surface area contributed by atoms with Gasteiger partial charge < -0.3 is 4.74 Å². The molecule has 1 rings (SSSR count). The molecule has 4 nitrogen and oxygen atoms in total. The summed E-state index contributed by atoms with van der Waals surface area (Å²) in [6.07, 6.45) is 0. The minimum absolute atomic E-state index is 0.258. The van der Waals surface area contributed by atoms with Crippen LogP contribution in [0.25, 0.3) is 0 Å². The predicted molar refractivity (Wildman–Crippen MR) is 96.3 cm³/mol. The van der Waals surface area contributed by atoms with Crippen LogP contribution in [0, 0.1) is 5.41 Å². The van der Waals surface area contributed by atoms with E-state index in [0.717, 1.165) is 11.3 Å². The van der Waals surface area contributed by atoms with Crippen molar-refractivity contribution in [3.8, 4) is 0 Å². The van der Waals surface area contributed by atoms with Gasteiger partial charge in [0.05, 0.1) is 22.6 Å². The lowest BCUT2D eigenvalue weighted by atomic mass is 9.85. The molecule has 0 fully saturated rings. The van der Waals surface area contributed by atoms with Gasteiger partial charge in [0.1, 0.15) is 11.0 Å². The van der Waals surface area contributed by atoms with Gasteiger partial charge in [-0.1, -0.05) is 32.9 Å². The fourth-order valence-corrected chi connectivity index (χ4v) is 2.64. The maximum absolute atomic E-state index is 12.4. The zero-order valence-electron chi connectivity index (χ0n) is 15.1. The summed E-state index contributed by atoms with van der Waals surface area (Å²) in [5.74, 6) is -0.341. The van der Waals surface area contributed by atoms with Crippen molar-refractivity contribution in [3.63, 3.8) is 0 Å². The summed E-state index contributed by atoms with van der Waals surface area (Å²) in [7, 11) is -1.34. The number of carbonyl (C=O) groups excluding carboxylic acids is 1. The highest BCUT2D eigenvalue weighted by molar-refractivity contribution is 7.85. The number of benzene rings is 1. The van der Waals surface area contributed by atoms with Crippen LogP contribution >= 0.6 is 0 Å². The molecule has 0 saturated carbocycles. The van der Waals surface area contributed by atoms with Gasteiger partial charge in [0.25, 0.3) is 0 Å². The molecule has 0 amide bonds. The topological polar surface area (TPSA) is 55.7 Å². The summed E-state index contributed by atoms with van der Waals surface area (Å²) in [5.41, 5.74) is 1.87. The van der Waals surface area contributed by atoms with Crippen LogP contribution in [-0.4, -0.2) is 27.2 Å². The summed E-state index contributed by atoms with van der Waals surface area (Å²) < 4.78 is 21.4. The SMILES string of the molecule is CCOC(=O)c1ccc(C(=NS(=O)C(C)(C)C)C(C)(C)C)cc1. The van der Waals surface area contributed by atoms with Crippen LogP contribution in [0.1, 0.15) is 64.4 Å². The fraction of sp³-hybridized carbons (Fsp3) is 0.556. The normalized spacial score (nSPS) is 14.5. The highest BCUT2D eigenvalue weighted by atomic mass is 32.2. The lowest BCUT2D eigenvalue weighted by Crippen LogP contribution is -2.26. The number of nitrogens with zero attached hydrogens (tertiary/aromatic N) is 1. The van der Waals surface area contributed by atoms with Crippen molar-refractivity contribution < 1.29 is 13.7 Å². The number of rotatable bonds is 4. The Morgan fingerprint density at radius 1 is 1.04 bits per heavy atom. The maximum Gasteiger partial charge on any atom is 0.338 e. The zero-order valence-corrected chi connectivity index (χ0v) is 15.9. The summed E-state index contributed by atoms with van der Waals surface area (Å²) >= 11 is 0. The number of ether oxygens (including phenoxy) is 1. The van der Waals surface area contributed by atoms with Gasteiger partial charge in [0, 0.05) is 5.41 Å². The molecule has 1 aromatic carbocycles. The van der Waals surface area contributed by atoms with Crippen LogP contribution in [0.3, 0.4) is 0 Å². The number of esters is 1. The van der Waals surface area contributed by atoms with Gasteiger partial charge in [-0.15, -0.1) is 0 Å². The average Bonchev–Trinajstić information content (AvgIpc) is 2.42. The Kier molecular flexibility index (Phi) is 6.28. The predicted octanol–water partition coefficient (Wildman–Crippen LogP) is 4.16. The van der Waals surface area contributed by atoms with Crippen molar-refractivity contribution in [2.24, 2.45) is 9.81 Å². The lowest BCUT2D eigenvalue weighted by molar-refractivity contribution is 0.0526. The van der Waals surface area contributed by atoms with Crippen molar-refractivity contribution in [1.82, 2.24) is 0 Å². The smallest absolute Gasteiger partial charge is 0.338 e. The van der Waals surface area contributed by atoms with Crippen molar-refractivity contribution in [2.75, 3.05) is 6.61 Å². The van der Waals surface area contributed by atoms with Crippen LogP contribution in [0.4, 0.5) is 0 Å². The summed E-state index contributed by atoms with van der Waals surface area (Å²) in [6.45, 7) is 13.9. The fourth-order valence-electron chi connectivity index (χ4n) is 1.82.